The molecule has 1 unspecified atom stereocenters. The van der Waals surface area contributed by atoms with Crippen LogP contribution in [0.3, 0.4) is 0 Å². The minimum atomic E-state index is -1.19. The number of nitrogens with one attached hydrogen (secondary N) is 1. The maximum absolute atomic E-state index is 11.6. The highest BCUT2D eigenvalue weighted by Crippen LogP contribution is 2.27. The van der Waals surface area contributed by atoms with Gasteiger partial charge in [-0.1, -0.05) is 6.42 Å². The van der Waals surface area contributed by atoms with Crippen molar-refractivity contribution in [2.45, 2.75) is 25.3 Å². The molecule has 5 heteroatoms. The Morgan fingerprint density at radius 3 is 2.82 bits per heavy atom. The molecule has 1 aliphatic heterocycles. The highest BCUT2D eigenvalue weighted by Gasteiger charge is 2.22. The maximum Gasteiger partial charge on any atom is 0.341 e. The zero-order valence-corrected chi connectivity index (χ0v) is 9.77. The summed E-state index contributed by atoms with van der Waals surface area (Å²) in [6, 6.07) is 3.29. The first kappa shape index (κ1) is 11.9. The van der Waals surface area contributed by atoms with E-state index in [4.69, 9.17) is 5.11 Å². The normalized spacial score (nSPS) is 21.4. The second-order valence-electron chi connectivity index (χ2n) is 4.45. The van der Waals surface area contributed by atoms with Crippen LogP contribution in [-0.2, 0) is 0 Å². The summed E-state index contributed by atoms with van der Waals surface area (Å²) in [5, 5.41) is 8.79. The molecule has 0 aromatic carbocycles. The zero-order chi connectivity index (χ0) is 12.4. The Morgan fingerprint density at radius 1 is 1.47 bits per heavy atom. The van der Waals surface area contributed by atoms with Crippen LogP contribution in [0.15, 0.2) is 16.9 Å². The second-order valence-corrected chi connectivity index (χ2v) is 4.45. The van der Waals surface area contributed by atoms with Crippen molar-refractivity contribution in [1.82, 2.24) is 9.88 Å². The smallest absolute Gasteiger partial charge is 0.341 e. The molecule has 1 saturated heterocycles. The number of H-pyrrole nitrogens is 1. The molecule has 0 aliphatic carbocycles. The number of rotatable bonds is 2. The summed E-state index contributed by atoms with van der Waals surface area (Å²) in [6.07, 6.45) is 3.31. The minimum absolute atomic E-state index is 0.194. The Hall–Kier alpha value is -1.62. The van der Waals surface area contributed by atoms with Crippen LogP contribution >= 0.6 is 0 Å². The van der Waals surface area contributed by atoms with Gasteiger partial charge in [-0.05, 0) is 38.6 Å². The SMILES string of the molecule is CN1CCCCC1c1ccc(C(=O)O)c(=O)[nH]1. The van der Waals surface area contributed by atoms with E-state index in [9.17, 15) is 9.59 Å². The zero-order valence-electron chi connectivity index (χ0n) is 9.77. The van der Waals surface area contributed by atoms with Crippen molar-refractivity contribution in [3.8, 4) is 0 Å². The van der Waals surface area contributed by atoms with Gasteiger partial charge in [-0.3, -0.25) is 9.69 Å². The Labute approximate surface area is 99.1 Å². The fourth-order valence-corrected chi connectivity index (χ4v) is 2.32. The summed E-state index contributed by atoms with van der Waals surface area (Å²) in [7, 11) is 2.02. The summed E-state index contributed by atoms with van der Waals surface area (Å²) in [4.78, 5) is 27.2. The van der Waals surface area contributed by atoms with Crippen LogP contribution in [0.1, 0.15) is 41.4 Å². The van der Waals surface area contributed by atoms with Gasteiger partial charge in [-0.15, -0.1) is 0 Å². The molecule has 0 radical (unpaired) electrons. The van der Waals surface area contributed by atoms with Gasteiger partial charge in [-0.2, -0.15) is 0 Å². The quantitative estimate of drug-likeness (QED) is 0.810. The fourth-order valence-electron chi connectivity index (χ4n) is 2.32. The van der Waals surface area contributed by atoms with Crippen molar-refractivity contribution < 1.29 is 9.90 Å². The number of hydrogen-bond acceptors (Lipinski definition) is 3. The van der Waals surface area contributed by atoms with Gasteiger partial charge in [0.15, 0.2) is 0 Å². The van der Waals surface area contributed by atoms with E-state index < -0.39 is 11.5 Å². The molecule has 1 aliphatic rings. The molecule has 1 aromatic heterocycles. The summed E-state index contributed by atoms with van der Waals surface area (Å²) >= 11 is 0. The van der Waals surface area contributed by atoms with Crippen LogP contribution in [0.5, 0.6) is 0 Å². The molecule has 92 valence electrons. The number of carboxylic acids is 1. The van der Waals surface area contributed by atoms with E-state index in [-0.39, 0.29) is 11.6 Å². The van der Waals surface area contributed by atoms with Gasteiger partial charge in [-0.25, -0.2) is 4.79 Å². The van der Waals surface area contributed by atoms with E-state index in [1.807, 2.05) is 7.05 Å². The molecule has 1 fully saturated rings. The third-order valence-electron chi connectivity index (χ3n) is 3.29. The van der Waals surface area contributed by atoms with Gasteiger partial charge in [0, 0.05) is 11.7 Å². The van der Waals surface area contributed by atoms with Gasteiger partial charge in [0.05, 0.1) is 0 Å². The monoisotopic (exact) mass is 236 g/mol. The molecule has 1 aromatic rings. The number of carboxylic acid groups (broad SMARTS) is 1. The molecule has 0 amide bonds. The lowest BCUT2D eigenvalue weighted by Gasteiger charge is -2.32. The average Bonchev–Trinajstić information content (AvgIpc) is 2.29. The molecule has 0 bridgehead atoms. The third kappa shape index (κ3) is 2.39. The van der Waals surface area contributed by atoms with Crippen LogP contribution in [0.25, 0.3) is 0 Å². The van der Waals surface area contributed by atoms with Crippen LogP contribution < -0.4 is 5.56 Å². The summed E-state index contributed by atoms with van der Waals surface area (Å²) < 4.78 is 0. The maximum atomic E-state index is 11.6. The number of likely N-dealkylation sites (tertiary alicyclic amines) is 1. The average molecular weight is 236 g/mol. The van der Waals surface area contributed by atoms with E-state index >= 15 is 0 Å². The van der Waals surface area contributed by atoms with Crippen LogP contribution in [-0.4, -0.2) is 34.6 Å². The summed E-state index contributed by atoms with van der Waals surface area (Å²) in [5.41, 5.74) is 0.0865. The molecule has 0 saturated carbocycles. The van der Waals surface area contributed by atoms with Crippen molar-refractivity contribution in [2.24, 2.45) is 0 Å². The van der Waals surface area contributed by atoms with E-state index in [1.54, 1.807) is 6.07 Å². The molecular formula is C12H16N2O3. The number of aromatic carboxylic acids is 1. The van der Waals surface area contributed by atoms with Crippen LogP contribution in [0, 0.1) is 0 Å². The van der Waals surface area contributed by atoms with E-state index in [0.717, 1.165) is 25.1 Å². The fraction of sp³-hybridized carbons (Fsp3) is 0.500. The molecule has 5 nitrogen and oxygen atoms in total. The van der Waals surface area contributed by atoms with Crippen molar-refractivity contribution in [3.63, 3.8) is 0 Å². The summed E-state index contributed by atoms with van der Waals surface area (Å²) in [6.45, 7) is 1.01. The number of pyridine rings is 1. The number of aromatic nitrogens is 1. The Bertz CT molecular complexity index is 481. The predicted molar refractivity (Wildman–Crippen MR) is 63.2 cm³/mol. The van der Waals surface area contributed by atoms with Gasteiger partial charge in [0.2, 0.25) is 0 Å². The Balaban J connectivity index is 2.31. The first-order valence-electron chi connectivity index (χ1n) is 5.76. The Morgan fingerprint density at radius 2 is 2.24 bits per heavy atom. The van der Waals surface area contributed by atoms with Crippen LogP contribution in [0.4, 0.5) is 0 Å². The molecule has 17 heavy (non-hydrogen) atoms. The van der Waals surface area contributed by atoms with E-state index in [0.29, 0.717) is 0 Å². The van der Waals surface area contributed by atoms with Gasteiger partial charge in [0.1, 0.15) is 5.56 Å². The van der Waals surface area contributed by atoms with Crippen LogP contribution in [0.2, 0.25) is 0 Å². The minimum Gasteiger partial charge on any atom is -0.477 e. The van der Waals surface area contributed by atoms with Crippen molar-refractivity contribution in [2.75, 3.05) is 13.6 Å². The largest absolute Gasteiger partial charge is 0.477 e. The van der Waals surface area contributed by atoms with Gasteiger partial charge < -0.3 is 10.1 Å². The lowest BCUT2D eigenvalue weighted by molar-refractivity contribution is 0.0694. The molecule has 2 N–H and O–H groups in total. The summed E-state index contributed by atoms with van der Waals surface area (Å²) in [5.74, 6) is -1.19. The predicted octanol–water partition coefficient (Wildman–Crippen LogP) is 1.23. The number of nitrogens with zero attached hydrogens (tertiary/aromatic N) is 1. The van der Waals surface area contributed by atoms with Gasteiger partial charge >= 0.3 is 5.97 Å². The molecule has 2 heterocycles. The number of aromatic amines is 1. The lowest BCUT2D eigenvalue weighted by Crippen LogP contribution is -2.31. The number of hydrogen-bond donors (Lipinski definition) is 2. The molecular weight excluding hydrogens is 220 g/mol. The Kier molecular flexibility index (Phi) is 3.28. The first-order valence-corrected chi connectivity index (χ1v) is 5.76. The molecule has 1 atom stereocenters. The van der Waals surface area contributed by atoms with Crippen molar-refractivity contribution >= 4 is 5.97 Å². The third-order valence-corrected chi connectivity index (χ3v) is 3.29. The molecule has 0 spiro atoms. The van der Waals surface area contributed by atoms with E-state index in [2.05, 4.69) is 9.88 Å². The molecule has 2 rings (SSSR count). The van der Waals surface area contributed by atoms with Crippen molar-refractivity contribution in [1.29, 1.82) is 0 Å². The highest BCUT2D eigenvalue weighted by molar-refractivity contribution is 5.86. The second kappa shape index (κ2) is 4.71. The topological polar surface area (TPSA) is 73.4 Å². The number of piperidine rings is 1. The number of carbonyl (C=O) groups is 1. The standard InChI is InChI=1S/C12H16N2O3/c1-14-7-3-2-4-10(14)9-6-5-8(12(16)17)11(15)13-9/h5-6,10H,2-4,7H2,1H3,(H,13,15)(H,16,17). The first-order chi connectivity index (χ1) is 8.09. The lowest BCUT2D eigenvalue weighted by atomic mass is 9.99. The highest BCUT2D eigenvalue weighted by atomic mass is 16.4. The van der Waals surface area contributed by atoms with Gasteiger partial charge in [0.25, 0.3) is 5.56 Å². The van der Waals surface area contributed by atoms with E-state index in [1.165, 1.54) is 12.5 Å². The van der Waals surface area contributed by atoms with Crippen molar-refractivity contribution in [3.05, 3.63) is 33.7 Å².